The van der Waals surface area contributed by atoms with E-state index in [-0.39, 0.29) is 0 Å². The second kappa shape index (κ2) is 5.88. The Bertz CT molecular complexity index is 554. The lowest BCUT2D eigenvalue weighted by molar-refractivity contribution is 0.444. The van der Waals surface area contributed by atoms with Crippen LogP contribution < -0.4 is 5.32 Å². The third kappa shape index (κ3) is 3.06. The smallest absolute Gasteiger partial charge is 0.208 e. The number of hydrogen-bond donors (Lipinski definition) is 1. The lowest BCUT2D eigenvalue weighted by Crippen LogP contribution is -2.16. The van der Waals surface area contributed by atoms with Crippen molar-refractivity contribution in [3.05, 3.63) is 33.2 Å². The van der Waals surface area contributed by atoms with Gasteiger partial charge in [-0.3, -0.25) is 4.68 Å². The molecular formula is C13H19BrN4O. The molecule has 19 heavy (non-hydrogen) atoms. The predicted octanol–water partition coefficient (Wildman–Crippen LogP) is 2.87. The Labute approximate surface area is 121 Å². The fraction of sp³-hybridized carbons (Fsp3) is 0.538. The molecule has 5 nitrogen and oxygen atoms in total. The first-order valence-corrected chi connectivity index (χ1v) is 7.17. The summed E-state index contributed by atoms with van der Waals surface area (Å²) in [6.07, 6.45) is 0. The van der Waals surface area contributed by atoms with Gasteiger partial charge >= 0.3 is 0 Å². The van der Waals surface area contributed by atoms with Gasteiger partial charge in [0.1, 0.15) is 5.76 Å². The molecule has 0 aliphatic heterocycles. The van der Waals surface area contributed by atoms with Crippen LogP contribution in [-0.4, -0.2) is 14.8 Å². The highest BCUT2D eigenvalue weighted by atomic mass is 79.9. The van der Waals surface area contributed by atoms with Gasteiger partial charge in [0.05, 0.1) is 28.1 Å². The summed E-state index contributed by atoms with van der Waals surface area (Å²) in [5, 5.41) is 7.80. The SMILES string of the molecule is CCn1nc(C)c(Br)c1CNCc1nc(C)c(C)o1. The van der Waals surface area contributed by atoms with E-state index in [1.807, 2.05) is 25.5 Å². The summed E-state index contributed by atoms with van der Waals surface area (Å²) in [7, 11) is 0. The Hall–Kier alpha value is -1.14. The van der Waals surface area contributed by atoms with E-state index in [1.54, 1.807) is 0 Å². The van der Waals surface area contributed by atoms with Crippen molar-refractivity contribution < 1.29 is 4.42 Å². The Balaban J connectivity index is 1.99. The van der Waals surface area contributed by atoms with Crippen molar-refractivity contribution in [1.82, 2.24) is 20.1 Å². The summed E-state index contributed by atoms with van der Waals surface area (Å²) in [6.45, 7) is 10.2. The minimum absolute atomic E-state index is 0.620. The zero-order valence-corrected chi connectivity index (χ0v) is 13.3. The Morgan fingerprint density at radius 2 is 1.95 bits per heavy atom. The molecule has 0 unspecified atom stereocenters. The number of nitrogens with one attached hydrogen (secondary N) is 1. The first-order chi connectivity index (χ1) is 9.02. The topological polar surface area (TPSA) is 55.9 Å². The van der Waals surface area contributed by atoms with E-state index in [1.165, 1.54) is 0 Å². The molecule has 0 radical (unpaired) electrons. The number of rotatable bonds is 5. The van der Waals surface area contributed by atoms with E-state index < -0.39 is 0 Å². The summed E-state index contributed by atoms with van der Waals surface area (Å²) in [4.78, 5) is 4.35. The van der Waals surface area contributed by atoms with E-state index >= 15 is 0 Å². The minimum atomic E-state index is 0.620. The van der Waals surface area contributed by atoms with Crippen LogP contribution in [0.15, 0.2) is 8.89 Å². The molecule has 104 valence electrons. The molecule has 0 fully saturated rings. The summed E-state index contributed by atoms with van der Waals surface area (Å²) in [5.41, 5.74) is 3.12. The summed E-state index contributed by atoms with van der Waals surface area (Å²) < 4.78 is 8.61. The Kier molecular flexibility index (Phi) is 4.42. The van der Waals surface area contributed by atoms with Crippen LogP contribution in [0.25, 0.3) is 0 Å². The van der Waals surface area contributed by atoms with Gasteiger partial charge in [0.25, 0.3) is 0 Å². The van der Waals surface area contributed by atoms with Crippen molar-refractivity contribution in [2.45, 2.75) is 47.3 Å². The highest BCUT2D eigenvalue weighted by molar-refractivity contribution is 9.10. The van der Waals surface area contributed by atoms with Crippen LogP contribution in [-0.2, 0) is 19.6 Å². The van der Waals surface area contributed by atoms with Crippen LogP contribution in [0.4, 0.5) is 0 Å². The van der Waals surface area contributed by atoms with Gasteiger partial charge in [0.15, 0.2) is 0 Å². The highest BCUT2D eigenvalue weighted by Crippen LogP contribution is 2.20. The Morgan fingerprint density at radius 3 is 2.53 bits per heavy atom. The number of hydrogen-bond acceptors (Lipinski definition) is 4. The largest absolute Gasteiger partial charge is 0.444 e. The fourth-order valence-electron chi connectivity index (χ4n) is 1.94. The van der Waals surface area contributed by atoms with Crippen molar-refractivity contribution >= 4 is 15.9 Å². The zero-order valence-electron chi connectivity index (χ0n) is 11.7. The molecule has 0 aliphatic rings. The standard InChI is InChI=1S/C13H19BrN4O/c1-5-18-11(13(14)9(3)17-18)6-15-7-12-16-8(2)10(4)19-12/h15H,5-7H2,1-4H3. The van der Waals surface area contributed by atoms with Crippen LogP contribution in [0.1, 0.15) is 35.7 Å². The zero-order chi connectivity index (χ0) is 14.0. The van der Waals surface area contributed by atoms with E-state index in [9.17, 15) is 0 Å². The maximum absolute atomic E-state index is 5.54. The van der Waals surface area contributed by atoms with Crippen molar-refractivity contribution in [2.24, 2.45) is 0 Å². The monoisotopic (exact) mass is 326 g/mol. The molecule has 0 saturated heterocycles. The van der Waals surface area contributed by atoms with Crippen molar-refractivity contribution in [3.8, 4) is 0 Å². The molecule has 0 aliphatic carbocycles. The van der Waals surface area contributed by atoms with Crippen molar-refractivity contribution in [2.75, 3.05) is 0 Å². The van der Waals surface area contributed by atoms with Crippen LogP contribution in [0.3, 0.4) is 0 Å². The number of oxazole rings is 1. The maximum atomic E-state index is 5.54. The molecule has 0 spiro atoms. The average Bonchev–Trinajstić information content (AvgIpc) is 2.83. The third-order valence-corrected chi connectivity index (χ3v) is 4.13. The number of nitrogens with zero attached hydrogens (tertiary/aromatic N) is 3. The number of aryl methyl sites for hydroxylation is 4. The average molecular weight is 327 g/mol. The van der Waals surface area contributed by atoms with Crippen molar-refractivity contribution in [1.29, 1.82) is 0 Å². The lowest BCUT2D eigenvalue weighted by atomic mass is 10.3. The van der Waals surface area contributed by atoms with E-state index in [4.69, 9.17) is 4.42 Å². The van der Waals surface area contributed by atoms with Crippen LogP contribution in [0, 0.1) is 20.8 Å². The molecule has 0 bridgehead atoms. The molecule has 0 atom stereocenters. The van der Waals surface area contributed by atoms with E-state index in [0.29, 0.717) is 6.54 Å². The first-order valence-electron chi connectivity index (χ1n) is 6.38. The molecular weight excluding hydrogens is 308 g/mol. The summed E-state index contributed by atoms with van der Waals surface area (Å²) >= 11 is 3.58. The van der Waals surface area contributed by atoms with Gasteiger partial charge in [0.2, 0.25) is 5.89 Å². The minimum Gasteiger partial charge on any atom is -0.444 e. The van der Waals surface area contributed by atoms with Crippen LogP contribution >= 0.6 is 15.9 Å². The second-order valence-corrected chi connectivity index (χ2v) is 5.31. The molecule has 2 aromatic heterocycles. The maximum Gasteiger partial charge on any atom is 0.208 e. The molecule has 0 amide bonds. The van der Waals surface area contributed by atoms with Crippen LogP contribution in [0.5, 0.6) is 0 Å². The lowest BCUT2D eigenvalue weighted by Gasteiger charge is -2.06. The van der Waals surface area contributed by atoms with Gasteiger partial charge in [-0.2, -0.15) is 5.10 Å². The second-order valence-electron chi connectivity index (χ2n) is 4.51. The summed E-state index contributed by atoms with van der Waals surface area (Å²) in [6, 6.07) is 0. The summed E-state index contributed by atoms with van der Waals surface area (Å²) in [5.74, 6) is 1.61. The van der Waals surface area contributed by atoms with Gasteiger partial charge < -0.3 is 9.73 Å². The highest BCUT2D eigenvalue weighted by Gasteiger charge is 2.12. The molecule has 1 N–H and O–H groups in total. The quantitative estimate of drug-likeness (QED) is 0.917. The van der Waals surface area contributed by atoms with Gasteiger partial charge in [-0.1, -0.05) is 0 Å². The fourth-order valence-corrected chi connectivity index (χ4v) is 2.36. The van der Waals surface area contributed by atoms with Gasteiger partial charge in [-0.15, -0.1) is 0 Å². The molecule has 2 rings (SSSR count). The van der Waals surface area contributed by atoms with Crippen molar-refractivity contribution in [3.63, 3.8) is 0 Å². The van der Waals surface area contributed by atoms with E-state index in [0.717, 1.165) is 46.3 Å². The van der Waals surface area contributed by atoms with E-state index in [2.05, 4.69) is 38.3 Å². The molecule has 0 saturated carbocycles. The Morgan fingerprint density at radius 1 is 1.21 bits per heavy atom. The molecule has 6 heteroatoms. The normalized spacial score (nSPS) is 11.2. The third-order valence-electron chi connectivity index (χ3n) is 3.09. The predicted molar refractivity (Wildman–Crippen MR) is 76.9 cm³/mol. The number of aromatic nitrogens is 3. The molecule has 2 heterocycles. The van der Waals surface area contributed by atoms with Gasteiger partial charge in [0, 0.05) is 13.1 Å². The van der Waals surface area contributed by atoms with Crippen LogP contribution in [0.2, 0.25) is 0 Å². The number of halogens is 1. The molecule has 2 aromatic rings. The molecule has 0 aromatic carbocycles. The van der Waals surface area contributed by atoms with Gasteiger partial charge in [-0.05, 0) is 43.6 Å². The first kappa shape index (κ1) is 14.3. The van der Waals surface area contributed by atoms with Gasteiger partial charge in [-0.25, -0.2) is 4.98 Å².